The Balaban J connectivity index is 3.74. The molecule has 0 radical (unpaired) electrons. The second-order valence-electron chi connectivity index (χ2n) is 4.12. The van der Waals surface area contributed by atoms with Gasteiger partial charge in [0.25, 0.3) is 5.91 Å². The summed E-state index contributed by atoms with van der Waals surface area (Å²) < 4.78 is 0. The summed E-state index contributed by atoms with van der Waals surface area (Å²) in [6.07, 6.45) is 5.45. The zero-order valence-corrected chi connectivity index (χ0v) is 11.5. The van der Waals surface area contributed by atoms with E-state index in [1.54, 1.807) is 13.0 Å². The predicted octanol–water partition coefficient (Wildman–Crippen LogP) is 0.309. The SMILES string of the molecule is C/C=C\C(=O)N(C=O)CCCCCC(=O)NCC(=O)O. The summed E-state index contributed by atoms with van der Waals surface area (Å²) >= 11 is 0. The fourth-order valence-corrected chi connectivity index (χ4v) is 1.46. The molecule has 7 heteroatoms. The lowest BCUT2D eigenvalue weighted by Crippen LogP contribution is -2.29. The fraction of sp³-hybridized carbons (Fsp3) is 0.538. The van der Waals surface area contributed by atoms with Gasteiger partial charge in [-0.3, -0.25) is 24.1 Å². The summed E-state index contributed by atoms with van der Waals surface area (Å²) in [7, 11) is 0. The number of carbonyl (C=O) groups is 4. The van der Waals surface area contributed by atoms with Crippen LogP contribution in [0.2, 0.25) is 0 Å². The van der Waals surface area contributed by atoms with Crippen molar-refractivity contribution in [2.75, 3.05) is 13.1 Å². The maximum atomic E-state index is 11.4. The number of unbranched alkanes of at least 4 members (excludes halogenated alkanes) is 2. The second-order valence-corrected chi connectivity index (χ2v) is 4.12. The van der Waals surface area contributed by atoms with E-state index < -0.39 is 5.97 Å². The van der Waals surface area contributed by atoms with Crippen molar-refractivity contribution in [3.05, 3.63) is 12.2 Å². The number of carboxylic acids is 1. The van der Waals surface area contributed by atoms with E-state index in [-0.39, 0.29) is 24.8 Å². The van der Waals surface area contributed by atoms with E-state index in [0.717, 1.165) is 4.90 Å². The number of hydrogen-bond acceptors (Lipinski definition) is 4. The number of allylic oxidation sites excluding steroid dienone is 1. The van der Waals surface area contributed by atoms with Crippen LogP contribution in [0, 0.1) is 0 Å². The summed E-state index contributed by atoms with van der Waals surface area (Å²) in [5, 5.41) is 10.6. The largest absolute Gasteiger partial charge is 0.480 e. The highest BCUT2D eigenvalue weighted by Gasteiger charge is 2.08. The molecule has 0 aromatic carbocycles. The van der Waals surface area contributed by atoms with Crippen LogP contribution in [0.25, 0.3) is 0 Å². The third-order valence-corrected chi connectivity index (χ3v) is 2.46. The smallest absolute Gasteiger partial charge is 0.322 e. The molecule has 0 aliphatic heterocycles. The number of imide groups is 1. The minimum Gasteiger partial charge on any atom is -0.480 e. The monoisotopic (exact) mass is 284 g/mol. The Kier molecular flexibility index (Phi) is 9.55. The molecule has 0 aromatic heterocycles. The Morgan fingerprint density at radius 3 is 2.45 bits per heavy atom. The maximum absolute atomic E-state index is 11.4. The Bertz CT molecular complexity index is 379. The molecule has 0 unspecified atom stereocenters. The quantitative estimate of drug-likeness (QED) is 0.341. The first-order chi connectivity index (χ1) is 9.51. The van der Waals surface area contributed by atoms with E-state index in [4.69, 9.17) is 5.11 Å². The average Bonchev–Trinajstić information content (AvgIpc) is 2.40. The zero-order valence-electron chi connectivity index (χ0n) is 11.5. The van der Waals surface area contributed by atoms with Gasteiger partial charge in [0.05, 0.1) is 0 Å². The van der Waals surface area contributed by atoms with Crippen LogP contribution in [-0.4, -0.2) is 47.3 Å². The molecule has 0 aliphatic rings. The van der Waals surface area contributed by atoms with Gasteiger partial charge in [0.2, 0.25) is 12.3 Å². The van der Waals surface area contributed by atoms with Gasteiger partial charge in [-0.25, -0.2) is 0 Å². The van der Waals surface area contributed by atoms with Crippen molar-refractivity contribution in [3.63, 3.8) is 0 Å². The Labute approximate surface area is 117 Å². The van der Waals surface area contributed by atoms with E-state index in [2.05, 4.69) is 5.32 Å². The Morgan fingerprint density at radius 1 is 1.20 bits per heavy atom. The van der Waals surface area contributed by atoms with E-state index in [1.165, 1.54) is 6.08 Å². The summed E-state index contributed by atoms with van der Waals surface area (Å²) in [6.45, 7) is 1.62. The second kappa shape index (κ2) is 10.7. The predicted molar refractivity (Wildman–Crippen MR) is 71.7 cm³/mol. The van der Waals surface area contributed by atoms with Crippen LogP contribution in [0.3, 0.4) is 0 Å². The average molecular weight is 284 g/mol. The number of aliphatic carboxylic acids is 1. The highest BCUT2D eigenvalue weighted by molar-refractivity contribution is 5.94. The number of rotatable bonds is 10. The fourth-order valence-electron chi connectivity index (χ4n) is 1.46. The summed E-state index contributed by atoms with van der Waals surface area (Å²) in [5.74, 6) is -1.76. The van der Waals surface area contributed by atoms with E-state index in [1.807, 2.05) is 0 Å². The molecule has 0 fully saturated rings. The third-order valence-electron chi connectivity index (χ3n) is 2.46. The summed E-state index contributed by atoms with van der Waals surface area (Å²) in [5.41, 5.74) is 0. The van der Waals surface area contributed by atoms with Gasteiger partial charge in [0, 0.05) is 13.0 Å². The molecule has 2 N–H and O–H groups in total. The van der Waals surface area contributed by atoms with Crippen molar-refractivity contribution in [2.45, 2.75) is 32.6 Å². The standard InChI is InChI=1S/C13H20N2O5/c1-2-6-12(18)15(10-16)8-5-3-4-7-11(17)14-9-13(19)20/h2,6,10H,3-5,7-9H2,1H3,(H,14,17)(H,19,20)/b6-2-. The Hall–Kier alpha value is -2.18. The van der Waals surface area contributed by atoms with Gasteiger partial charge in [-0.15, -0.1) is 0 Å². The number of carbonyl (C=O) groups excluding carboxylic acids is 3. The number of amides is 3. The number of nitrogens with one attached hydrogen (secondary N) is 1. The van der Waals surface area contributed by atoms with Crippen molar-refractivity contribution in [1.82, 2.24) is 10.2 Å². The molecule has 0 heterocycles. The highest BCUT2D eigenvalue weighted by Crippen LogP contribution is 2.02. The minimum atomic E-state index is -1.08. The lowest BCUT2D eigenvalue weighted by atomic mass is 10.2. The molecular formula is C13H20N2O5. The van der Waals surface area contributed by atoms with Crippen molar-refractivity contribution in [3.8, 4) is 0 Å². The van der Waals surface area contributed by atoms with E-state index in [0.29, 0.717) is 32.2 Å². The first-order valence-electron chi connectivity index (χ1n) is 6.38. The van der Waals surface area contributed by atoms with Gasteiger partial charge >= 0.3 is 5.97 Å². The first kappa shape index (κ1) is 17.8. The van der Waals surface area contributed by atoms with Crippen LogP contribution >= 0.6 is 0 Å². The molecule has 0 bridgehead atoms. The van der Waals surface area contributed by atoms with Gasteiger partial charge in [0.15, 0.2) is 0 Å². The van der Waals surface area contributed by atoms with Gasteiger partial charge in [-0.1, -0.05) is 12.5 Å². The molecule has 112 valence electrons. The van der Waals surface area contributed by atoms with Crippen molar-refractivity contribution < 1.29 is 24.3 Å². The van der Waals surface area contributed by atoms with Crippen LogP contribution in [0.15, 0.2) is 12.2 Å². The normalized spacial score (nSPS) is 10.2. The number of nitrogens with zero attached hydrogens (tertiary/aromatic N) is 1. The number of carboxylic acid groups (broad SMARTS) is 1. The van der Waals surface area contributed by atoms with Crippen LogP contribution in [-0.2, 0) is 19.2 Å². The molecule has 0 saturated heterocycles. The molecule has 0 spiro atoms. The van der Waals surface area contributed by atoms with Crippen LogP contribution in [0.5, 0.6) is 0 Å². The molecule has 0 rings (SSSR count). The lowest BCUT2D eigenvalue weighted by molar-refractivity contribution is -0.138. The van der Waals surface area contributed by atoms with E-state index in [9.17, 15) is 19.2 Å². The molecule has 0 aromatic rings. The number of hydrogen-bond donors (Lipinski definition) is 2. The first-order valence-corrected chi connectivity index (χ1v) is 6.38. The van der Waals surface area contributed by atoms with Gasteiger partial charge < -0.3 is 10.4 Å². The molecule has 0 aliphatic carbocycles. The molecule has 0 saturated carbocycles. The van der Waals surface area contributed by atoms with Gasteiger partial charge in [-0.2, -0.15) is 0 Å². The maximum Gasteiger partial charge on any atom is 0.322 e. The van der Waals surface area contributed by atoms with Crippen LogP contribution < -0.4 is 5.32 Å². The van der Waals surface area contributed by atoms with Crippen LogP contribution in [0.4, 0.5) is 0 Å². The third kappa shape index (κ3) is 8.84. The molecular weight excluding hydrogens is 264 g/mol. The molecule has 20 heavy (non-hydrogen) atoms. The van der Waals surface area contributed by atoms with E-state index >= 15 is 0 Å². The van der Waals surface area contributed by atoms with Gasteiger partial charge in [-0.05, 0) is 25.8 Å². The molecule has 0 atom stereocenters. The lowest BCUT2D eigenvalue weighted by Gasteiger charge is -2.12. The Morgan fingerprint density at radius 2 is 1.90 bits per heavy atom. The minimum absolute atomic E-state index is 0.233. The summed E-state index contributed by atoms with van der Waals surface area (Å²) in [6, 6.07) is 0. The summed E-state index contributed by atoms with van der Waals surface area (Å²) in [4.78, 5) is 44.6. The van der Waals surface area contributed by atoms with Crippen LogP contribution in [0.1, 0.15) is 32.6 Å². The van der Waals surface area contributed by atoms with Crippen molar-refractivity contribution >= 4 is 24.2 Å². The molecule has 7 nitrogen and oxygen atoms in total. The topological polar surface area (TPSA) is 104 Å². The van der Waals surface area contributed by atoms with Gasteiger partial charge in [0.1, 0.15) is 6.54 Å². The van der Waals surface area contributed by atoms with Crippen molar-refractivity contribution in [1.29, 1.82) is 0 Å². The highest BCUT2D eigenvalue weighted by atomic mass is 16.4. The molecule has 3 amide bonds. The zero-order chi connectivity index (χ0) is 15.4. The van der Waals surface area contributed by atoms with Crippen molar-refractivity contribution in [2.24, 2.45) is 0 Å².